The molecule has 0 N–H and O–H groups in total. The smallest absolute Gasteiger partial charge is 0.377 e. The van der Waals surface area contributed by atoms with Crippen LogP contribution in [0.3, 0.4) is 0 Å². The number of unbranched alkanes of at least 4 members (excludes halogenated alkanes) is 3. The number of benzene rings is 1. The molecule has 0 aliphatic rings. The van der Waals surface area contributed by atoms with Crippen molar-refractivity contribution in [3.8, 4) is 0 Å². The number of alkyl halides is 4. The molecule has 0 aliphatic heterocycles. The molecule has 0 spiro atoms. The van der Waals surface area contributed by atoms with E-state index in [1.54, 1.807) is 4.90 Å². The van der Waals surface area contributed by atoms with Gasteiger partial charge in [0.2, 0.25) is 0 Å². The van der Waals surface area contributed by atoms with Crippen LogP contribution in [0.5, 0.6) is 0 Å². The Morgan fingerprint density at radius 3 is 2.25 bits per heavy atom. The Morgan fingerprint density at radius 2 is 1.58 bits per heavy atom. The van der Waals surface area contributed by atoms with Gasteiger partial charge >= 0.3 is 6.18 Å². The van der Waals surface area contributed by atoms with Crippen molar-refractivity contribution in [1.29, 1.82) is 0 Å². The predicted octanol–water partition coefficient (Wildman–Crippen LogP) is 4.99. The van der Waals surface area contributed by atoms with Crippen LogP contribution in [0.1, 0.15) is 37.7 Å². The molecule has 138 valence electrons. The molecule has 0 unspecified atom stereocenters. The van der Waals surface area contributed by atoms with Crippen molar-refractivity contribution in [3.05, 3.63) is 35.9 Å². The summed E-state index contributed by atoms with van der Waals surface area (Å²) in [7, 11) is 0. The third-order valence-electron chi connectivity index (χ3n) is 3.74. The van der Waals surface area contributed by atoms with Gasteiger partial charge in [0.15, 0.2) is 0 Å². The highest BCUT2D eigenvalue weighted by Gasteiger charge is 2.27. The molecule has 0 bridgehead atoms. The molecule has 0 amide bonds. The van der Waals surface area contributed by atoms with Crippen LogP contribution < -0.4 is 0 Å². The molecule has 0 aliphatic carbocycles. The first-order chi connectivity index (χ1) is 11.5. The topological polar surface area (TPSA) is 12.5 Å². The van der Waals surface area contributed by atoms with Gasteiger partial charge in [-0.2, -0.15) is 13.2 Å². The van der Waals surface area contributed by atoms with Gasteiger partial charge in [-0.25, -0.2) is 4.39 Å². The maximum absolute atomic E-state index is 12.4. The van der Waals surface area contributed by atoms with Gasteiger partial charge in [0, 0.05) is 19.7 Å². The summed E-state index contributed by atoms with van der Waals surface area (Å²) in [6.07, 6.45) is -1.44. The minimum Gasteiger partial charge on any atom is -0.377 e. The maximum Gasteiger partial charge on any atom is 0.390 e. The molecule has 6 heteroatoms. The van der Waals surface area contributed by atoms with Crippen molar-refractivity contribution in [2.75, 3.05) is 32.9 Å². The van der Waals surface area contributed by atoms with E-state index in [-0.39, 0.29) is 13.1 Å². The van der Waals surface area contributed by atoms with Crippen LogP contribution in [-0.2, 0) is 11.3 Å². The summed E-state index contributed by atoms with van der Waals surface area (Å²) in [5, 5.41) is 0. The Bertz CT molecular complexity index is 411. The molecule has 0 aromatic heterocycles. The van der Waals surface area contributed by atoms with Crippen LogP contribution >= 0.6 is 0 Å². The van der Waals surface area contributed by atoms with Gasteiger partial charge in [0.1, 0.15) is 6.67 Å². The zero-order chi connectivity index (χ0) is 17.7. The first-order valence-electron chi connectivity index (χ1n) is 8.48. The van der Waals surface area contributed by atoms with Gasteiger partial charge in [-0.05, 0) is 24.9 Å². The minimum atomic E-state index is -4.18. The lowest BCUT2D eigenvalue weighted by atomic mass is 10.2. The molecule has 24 heavy (non-hydrogen) atoms. The van der Waals surface area contributed by atoms with E-state index in [1.165, 1.54) is 0 Å². The molecule has 1 aromatic rings. The fraction of sp³-hybridized carbons (Fsp3) is 0.667. The summed E-state index contributed by atoms with van der Waals surface area (Å²) in [5.41, 5.74) is 1.14. The highest BCUT2D eigenvalue weighted by molar-refractivity contribution is 5.13. The lowest BCUT2D eigenvalue weighted by Gasteiger charge is -2.21. The van der Waals surface area contributed by atoms with Crippen molar-refractivity contribution in [1.82, 2.24) is 4.90 Å². The fourth-order valence-corrected chi connectivity index (χ4v) is 2.40. The lowest BCUT2D eigenvalue weighted by Crippen LogP contribution is -2.31. The Kier molecular flexibility index (Phi) is 10.7. The van der Waals surface area contributed by atoms with E-state index in [9.17, 15) is 17.6 Å². The van der Waals surface area contributed by atoms with E-state index in [4.69, 9.17) is 4.74 Å². The predicted molar refractivity (Wildman–Crippen MR) is 87.7 cm³/mol. The molecule has 0 heterocycles. The third kappa shape index (κ3) is 11.4. The van der Waals surface area contributed by atoms with Crippen LogP contribution in [0.25, 0.3) is 0 Å². The lowest BCUT2D eigenvalue weighted by molar-refractivity contribution is -0.138. The minimum absolute atomic E-state index is 0.0796. The second-order valence-corrected chi connectivity index (χ2v) is 5.85. The van der Waals surface area contributed by atoms with Crippen LogP contribution in [0.15, 0.2) is 30.3 Å². The molecule has 2 nitrogen and oxygen atoms in total. The Balaban J connectivity index is 2.00. The van der Waals surface area contributed by atoms with Gasteiger partial charge in [0.25, 0.3) is 0 Å². The number of rotatable bonds is 13. The average molecular weight is 349 g/mol. The second kappa shape index (κ2) is 12.3. The molecule has 0 atom stereocenters. The molecular weight excluding hydrogens is 322 g/mol. The van der Waals surface area contributed by atoms with E-state index < -0.39 is 19.3 Å². The normalized spacial score (nSPS) is 12.0. The van der Waals surface area contributed by atoms with Gasteiger partial charge in [0.05, 0.1) is 13.0 Å². The molecule has 0 saturated heterocycles. The molecule has 0 fully saturated rings. The van der Waals surface area contributed by atoms with E-state index >= 15 is 0 Å². The van der Waals surface area contributed by atoms with Crippen molar-refractivity contribution < 1.29 is 22.3 Å². The van der Waals surface area contributed by atoms with Crippen molar-refractivity contribution in [2.24, 2.45) is 0 Å². The quantitative estimate of drug-likeness (QED) is 0.367. The number of hydrogen-bond donors (Lipinski definition) is 0. The first-order valence-corrected chi connectivity index (χ1v) is 8.48. The van der Waals surface area contributed by atoms with E-state index in [2.05, 4.69) is 0 Å². The van der Waals surface area contributed by atoms with Crippen LogP contribution in [0.2, 0.25) is 0 Å². The van der Waals surface area contributed by atoms with Crippen LogP contribution in [0.4, 0.5) is 17.6 Å². The van der Waals surface area contributed by atoms with Crippen LogP contribution in [0, 0.1) is 0 Å². The summed E-state index contributed by atoms with van der Waals surface area (Å²) in [5.74, 6) is 0. The Hall–Kier alpha value is -1.14. The molecule has 0 radical (unpaired) electrons. The molecular formula is C18H27F4NO. The molecule has 0 saturated carbocycles. The Morgan fingerprint density at radius 1 is 0.875 bits per heavy atom. The Labute approximate surface area is 141 Å². The van der Waals surface area contributed by atoms with Gasteiger partial charge in [-0.1, -0.05) is 43.2 Å². The SMILES string of the molecule is FCCN(CCCCCCOCc1ccccc1)CCC(F)(F)F. The van der Waals surface area contributed by atoms with E-state index in [1.807, 2.05) is 30.3 Å². The average Bonchev–Trinajstić information content (AvgIpc) is 2.55. The number of ether oxygens (including phenoxy) is 1. The number of halogens is 4. The standard InChI is InChI=1S/C18H27F4NO/c19-11-14-23(13-10-18(20,21)22)12-6-1-2-7-15-24-16-17-8-4-3-5-9-17/h3-5,8-9H,1-2,6-7,10-16H2. The van der Waals surface area contributed by atoms with E-state index in [0.717, 1.165) is 31.2 Å². The van der Waals surface area contributed by atoms with Crippen molar-refractivity contribution >= 4 is 0 Å². The molecule has 1 rings (SSSR count). The zero-order valence-corrected chi connectivity index (χ0v) is 14.0. The van der Waals surface area contributed by atoms with Crippen LogP contribution in [-0.4, -0.2) is 44.0 Å². The monoisotopic (exact) mass is 349 g/mol. The summed E-state index contributed by atoms with van der Waals surface area (Å²) in [6.45, 7) is 1.15. The number of nitrogens with zero attached hydrogens (tertiary/aromatic N) is 1. The van der Waals surface area contributed by atoms with E-state index in [0.29, 0.717) is 19.8 Å². The van der Waals surface area contributed by atoms with Gasteiger partial charge in [-0.3, -0.25) is 0 Å². The fourth-order valence-electron chi connectivity index (χ4n) is 2.40. The van der Waals surface area contributed by atoms with Crippen molar-refractivity contribution in [3.63, 3.8) is 0 Å². The largest absolute Gasteiger partial charge is 0.390 e. The first kappa shape index (κ1) is 20.9. The second-order valence-electron chi connectivity index (χ2n) is 5.85. The highest BCUT2D eigenvalue weighted by Crippen LogP contribution is 2.19. The maximum atomic E-state index is 12.4. The summed E-state index contributed by atoms with van der Waals surface area (Å²) in [6, 6.07) is 9.94. The summed E-state index contributed by atoms with van der Waals surface area (Å²) < 4.78 is 54.6. The van der Waals surface area contributed by atoms with Gasteiger partial charge in [-0.15, -0.1) is 0 Å². The zero-order valence-electron chi connectivity index (χ0n) is 14.0. The van der Waals surface area contributed by atoms with Gasteiger partial charge < -0.3 is 9.64 Å². The third-order valence-corrected chi connectivity index (χ3v) is 3.74. The number of hydrogen-bond acceptors (Lipinski definition) is 2. The molecule has 1 aromatic carbocycles. The highest BCUT2D eigenvalue weighted by atomic mass is 19.4. The van der Waals surface area contributed by atoms with Crippen molar-refractivity contribution in [2.45, 2.75) is 44.9 Å². The summed E-state index contributed by atoms with van der Waals surface area (Å²) in [4.78, 5) is 1.55. The summed E-state index contributed by atoms with van der Waals surface area (Å²) >= 11 is 0.